The summed E-state index contributed by atoms with van der Waals surface area (Å²) >= 11 is 6.13. The quantitative estimate of drug-likeness (QED) is 0.586. The third-order valence-electron chi connectivity index (χ3n) is 3.94. The molecule has 8 heteroatoms. The second-order valence-electron chi connectivity index (χ2n) is 5.58. The topological polar surface area (TPSA) is 98.5 Å². The molecule has 0 radical (unpaired) electrons. The molecule has 1 aliphatic heterocycles. The summed E-state index contributed by atoms with van der Waals surface area (Å²) in [6.45, 7) is 1.88. The number of rotatable bonds is 3. The largest absolute Gasteiger partial charge is 0.365 e. The maximum Gasteiger partial charge on any atom is 0.340 e. The predicted octanol–water partition coefficient (Wildman–Crippen LogP) is 1.74. The number of benzene rings is 1. The van der Waals surface area contributed by atoms with Crippen LogP contribution in [0, 0.1) is 0 Å². The van der Waals surface area contributed by atoms with Gasteiger partial charge >= 0.3 is 5.69 Å². The molecule has 7 nitrogen and oxygen atoms in total. The Bertz CT molecular complexity index is 912. The second kappa shape index (κ2) is 5.68. The van der Waals surface area contributed by atoms with Crippen molar-refractivity contribution in [1.82, 2.24) is 25.5 Å². The normalized spacial score (nSPS) is 17.7. The number of nitrogens with one attached hydrogen (secondary N) is 4. The molecule has 0 saturated carbocycles. The molecular weight excluding hydrogens is 316 g/mol. The fraction of sp³-hybridized carbons (Fsp3) is 0.267. The third kappa shape index (κ3) is 2.80. The van der Waals surface area contributed by atoms with Gasteiger partial charge in [0, 0.05) is 23.0 Å². The molecule has 3 heterocycles. The summed E-state index contributed by atoms with van der Waals surface area (Å²) < 4.78 is 0. The minimum Gasteiger partial charge on any atom is -0.365 e. The molecule has 0 bridgehead atoms. The number of nitrogens with zero attached hydrogens (tertiary/aromatic N) is 2. The average molecular weight is 331 g/mol. The van der Waals surface area contributed by atoms with Gasteiger partial charge < -0.3 is 10.6 Å². The number of aromatic nitrogens is 4. The van der Waals surface area contributed by atoms with Crippen LogP contribution in [-0.2, 0) is 0 Å². The minimum atomic E-state index is -0.354. The van der Waals surface area contributed by atoms with Crippen molar-refractivity contribution in [3.05, 3.63) is 39.8 Å². The fourth-order valence-electron chi connectivity index (χ4n) is 2.81. The standard InChI is InChI=1S/C15H15ClN6O/c16-9-2-1-8-5-12(14-20-15(23)22-21-14)19-13(11(8)6-9)18-10-3-4-17-7-10/h1-2,5-6,10,17H,3-4,7H2,(H,18,19)(H2,20,21,22,23)/t10-/m0/s1. The molecule has 3 aromatic rings. The van der Waals surface area contributed by atoms with Gasteiger partial charge in [-0.25, -0.2) is 14.9 Å². The lowest BCUT2D eigenvalue weighted by molar-refractivity contribution is 0.789. The Kier molecular flexibility index (Phi) is 3.51. The van der Waals surface area contributed by atoms with Crippen LogP contribution in [0.1, 0.15) is 6.42 Å². The number of anilines is 1. The van der Waals surface area contributed by atoms with E-state index in [1.165, 1.54) is 0 Å². The van der Waals surface area contributed by atoms with Crippen molar-refractivity contribution >= 4 is 28.2 Å². The molecule has 1 atom stereocenters. The number of halogens is 1. The van der Waals surface area contributed by atoms with Crippen LogP contribution in [0.5, 0.6) is 0 Å². The maximum atomic E-state index is 11.3. The lowest BCUT2D eigenvalue weighted by atomic mass is 10.1. The highest BCUT2D eigenvalue weighted by molar-refractivity contribution is 6.31. The zero-order valence-electron chi connectivity index (χ0n) is 12.2. The van der Waals surface area contributed by atoms with Crippen molar-refractivity contribution in [3.8, 4) is 11.5 Å². The van der Waals surface area contributed by atoms with Crippen LogP contribution in [-0.4, -0.2) is 39.3 Å². The van der Waals surface area contributed by atoms with Gasteiger partial charge in [-0.1, -0.05) is 17.7 Å². The van der Waals surface area contributed by atoms with Crippen LogP contribution >= 0.6 is 11.6 Å². The van der Waals surface area contributed by atoms with Gasteiger partial charge in [-0.15, -0.1) is 0 Å². The first-order chi connectivity index (χ1) is 11.2. The van der Waals surface area contributed by atoms with Crippen LogP contribution in [0.3, 0.4) is 0 Å². The molecule has 1 aliphatic rings. The molecule has 23 heavy (non-hydrogen) atoms. The molecule has 4 rings (SSSR count). The molecule has 1 aromatic carbocycles. The highest BCUT2D eigenvalue weighted by Crippen LogP contribution is 2.29. The van der Waals surface area contributed by atoms with Crippen LogP contribution in [0.25, 0.3) is 22.3 Å². The van der Waals surface area contributed by atoms with Gasteiger partial charge in [-0.2, -0.15) is 5.10 Å². The molecule has 0 unspecified atom stereocenters. The maximum absolute atomic E-state index is 11.3. The first kappa shape index (κ1) is 14.2. The Labute approximate surface area is 136 Å². The van der Waals surface area contributed by atoms with Crippen molar-refractivity contribution in [3.63, 3.8) is 0 Å². The first-order valence-electron chi connectivity index (χ1n) is 7.42. The van der Waals surface area contributed by atoms with Gasteiger partial charge in [0.05, 0.1) is 0 Å². The molecule has 0 aliphatic carbocycles. The van der Waals surface area contributed by atoms with E-state index in [4.69, 9.17) is 11.6 Å². The summed E-state index contributed by atoms with van der Waals surface area (Å²) in [5.74, 6) is 1.16. The molecular formula is C15H15ClN6O. The highest BCUT2D eigenvalue weighted by Gasteiger charge is 2.17. The highest BCUT2D eigenvalue weighted by atomic mass is 35.5. The van der Waals surface area contributed by atoms with E-state index < -0.39 is 0 Å². The SMILES string of the molecule is O=c1[nH]nc(-c2cc3ccc(Cl)cc3c(N[C@H]3CCNC3)n2)[nH]1. The summed E-state index contributed by atoms with van der Waals surface area (Å²) in [7, 11) is 0. The minimum absolute atomic E-state index is 0.318. The molecule has 0 spiro atoms. The van der Waals surface area contributed by atoms with Crippen LogP contribution in [0.4, 0.5) is 5.82 Å². The Morgan fingerprint density at radius 3 is 2.96 bits per heavy atom. The third-order valence-corrected chi connectivity index (χ3v) is 4.17. The van der Waals surface area contributed by atoms with Gasteiger partial charge in [-0.3, -0.25) is 4.98 Å². The summed E-state index contributed by atoms with van der Waals surface area (Å²) in [5, 5.41) is 15.7. The number of hydrogen-bond donors (Lipinski definition) is 4. The van der Waals surface area contributed by atoms with Gasteiger partial charge in [0.1, 0.15) is 11.5 Å². The van der Waals surface area contributed by atoms with E-state index in [1.807, 2.05) is 24.3 Å². The number of H-pyrrole nitrogens is 2. The molecule has 2 aromatic heterocycles. The Hall–Kier alpha value is -2.38. The van der Waals surface area contributed by atoms with E-state index in [2.05, 4.69) is 30.8 Å². The number of aromatic amines is 2. The smallest absolute Gasteiger partial charge is 0.340 e. The van der Waals surface area contributed by atoms with Crippen LogP contribution in [0.15, 0.2) is 29.1 Å². The van der Waals surface area contributed by atoms with E-state index in [9.17, 15) is 4.79 Å². The van der Waals surface area contributed by atoms with Crippen molar-refractivity contribution in [2.45, 2.75) is 12.5 Å². The van der Waals surface area contributed by atoms with Gasteiger partial charge in [0.25, 0.3) is 0 Å². The number of hydrogen-bond acceptors (Lipinski definition) is 5. The van der Waals surface area contributed by atoms with E-state index in [0.717, 1.165) is 36.1 Å². The van der Waals surface area contributed by atoms with E-state index in [1.54, 1.807) is 0 Å². The first-order valence-corrected chi connectivity index (χ1v) is 7.79. The second-order valence-corrected chi connectivity index (χ2v) is 6.02. The molecule has 0 amide bonds. The van der Waals surface area contributed by atoms with Crippen molar-refractivity contribution < 1.29 is 0 Å². The molecule has 118 valence electrons. The van der Waals surface area contributed by atoms with E-state index in [0.29, 0.717) is 22.6 Å². The van der Waals surface area contributed by atoms with Gasteiger partial charge in [0.15, 0.2) is 5.82 Å². The zero-order chi connectivity index (χ0) is 15.8. The van der Waals surface area contributed by atoms with Gasteiger partial charge in [-0.05, 0) is 36.6 Å². The zero-order valence-corrected chi connectivity index (χ0v) is 12.9. The molecule has 1 saturated heterocycles. The summed E-state index contributed by atoms with van der Waals surface area (Å²) in [4.78, 5) is 18.6. The lowest BCUT2D eigenvalue weighted by Crippen LogP contribution is -2.23. The average Bonchev–Trinajstić information content (AvgIpc) is 3.19. The van der Waals surface area contributed by atoms with Crippen molar-refractivity contribution in [2.24, 2.45) is 0 Å². The van der Waals surface area contributed by atoms with Crippen molar-refractivity contribution in [2.75, 3.05) is 18.4 Å². The van der Waals surface area contributed by atoms with E-state index >= 15 is 0 Å². The summed E-state index contributed by atoms with van der Waals surface area (Å²) in [5.41, 5.74) is 0.249. The summed E-state index contributed by atoms with van der Waals surface area (Å²) in [6.07, 6.45) is 1.03. The fourth-order valence-corrected chi connectivity index (χ4v) is 2.99. The lowest BCUT2D eigenvalue weighted by Gasteiger charge is -2.15. The molecule has 1 fully saturated rings. The van der Waals surface area contributed by atoms with E-state index in [-0.39, 0.29) is 5.69 Å². The van der Waals surface area contributed by atoms with Crippen LogP contribution in [0.2, 0.25) is 5.02 Å². The number of fused-ring (bicyclic) bond motifs is 1. The summed E-state index contributed by atoms with van der Waals surface area (Å²) in [6, 6.07) is 7.87. The van der Waals surface area contributed by atoms with Crippen molar-refractivity contribution in [1.29, 1.82) is 0 Å². The predicted molar refractivity (Wildman–Crippen MR) is 89.9 cm³/mol. The Balaban J connectivity index is 1.85. The number of pyridine rings is 1. The monoisotopic (exact) mass is 330 g/mol. The van der Waals surface area contributed by atoms with Gasteiger partial charge in [0.2, 0.25) is 0 Å². The van der Waals surface area contributed by atoms with Crippen LogP contribution < -0.4 is 16.3 Å². The Morgan fingerprint density at radius 2 is 2.22 bits per heavy atom. The Morgan fingerprint density at radius 1 is 1.30 bits per heavy atom. The molecule has 4 N–H and O–H groups in total.